The van der Waals surface area contributed by atoms with Gasteiger partial charge in [-0.1, -0.05) is 60.2 Å². The van der Waals surface area contributed by atoms with Gasteiger partial charge in [0.15, 0.2) is 18.3 Å². The molecule has 0 bridgehead atoms. The van der Waals surface area contributed by atoms with Gasteiger partial charge in [0.05, 0.1) is 12.6 Å². The third kappa shape index (κ3) is 6.54. The molecule has 2 aromatic carbocycles. The molecule has 0 aliphatic carbocycles. The average molecular weight is 435 g/mol. The normalized spacial score (nSPS) is 11.2. The van der Waals surface area contributed by atoms with Crippen LogP contribution in [0.3, 0.4) is 0 Å². The van der Waals surface area contributed by atoms with Crippen LogP contribution in [0.25, 0.3) is 11.3 Å². The summed E-state index contributed by atoms with van der Waals surface area (Å²) in [5.74, 6) is 0.434. The highest BCUT2D eigenvalue weighted by atomic mass is 16.5. The number of oxazole rings is 1. The molecule has 0 fully saturated rings. The smallest absolute Gasteiger partial charge is 0.306 e. The first-order chi connectivity index (χ1) is 15.2. The lowest BCUT2D eigenvalue weighted by Crippen LogP contribution is -2.46. The lowest BCUT2D eigenvalue weighted by Gasteiger charge is -2.35. The molecular weight excluding hydrogens is 404 g/mol. The van der Waals surface area contributed by atoms with E-state index in [4.69, 9.17) is 9.15 Å². The first-order valence-corrected chi connectivity index (χ1v) is 10.7. The van der Waals surface area contributed by atoms with Gasteiger partial charge in [0.25, 0.3) is 5.91 Å². The van der Waals surface area contributed by atoms with E-state index >= 15 is 0 Å². The summed E-state index contributed by atoms with van der Waals surface area (Å²) in [6.07, 6.45) is 2.06. The van der Waals surface area contributed by atoms with Crippen LogP contribution < -0.4 is 0 Å². The molecule has 0 atom stereocenters. The summed E-state index contributed by atoms with van der Waals surface area (Å²) in [7, 11) is 0. The largest absolute Gasteiger partial charge is 0.456 e. The van der Waals surface area contributed by atoms with Crippen LogP contribution in [0.1, 0.15) is 44.2 Å². The number of rotatable bonds is 8. The standard InChI is InChI=1S/C26H30N2O4/c1-19-10-12-21(13-11-19)22-16-27-23(32-22)14-15-25(30)31-18-24(29)28(26(2,3)4)17-20-8-6-5-7-9-20/h5-13,16H,14-15,17-18H2,1-4H3. The van der Waals surface area contributed by atoms with Crippen molar-refractivity contribution in [1.29, 1.82) is 0 Å². The van der Waals surface area contributed by atoms with E-state index in [9.17, 15) is 9.59 Å². The number of benzene rings is 2. The third-order valence-corrected chi connectivity index (χ3v) is 5.08. The van der Waals surface area contributed by atoms with Crippen LogP contribution in [-0.4, -0.2) is 33.9 Å². The molecule has 0 N–H and O–H groups in total. The molecule has 0 saturated carbocycles. The Bertz CT molecular complexity index is 1030. The minimum atomic E-state index is -0.456. The Morgan fingerprint density at radius 2 is 1.72 bits per heavy atom. The van der Waals surface area contributed by atoms with Crippen LogP contribution in [0, 0.1) is 6.92 Å². The quantitative estimate of drug-likeness (QED) is 0.469. The van der Waals surface area contributed by atoms with Gasteiger partial charge in [0.1, 0.15) is 0 Å². The van der Waals surface area contributed by atoms with Gasteiger partial charge < -0.3 is 14.1 Å². The Labute approximate surface area is 189 Å². The summed E-state index contributed by atoms with van der Waals surface area (Å²) in [4.78, 5) is 30.9. The van der Waals surface area contributed by atoms with E-state index in [1.165, 1.54) is 5.56 Å². The molecule has 1 amide bonds. The van der Waals surface area contributed by atoms with Crippen molar-refractivity contribution in [2.24, 2.45) is 0 Å². The van der Waals surface area contributed by atoms with Gasteiger partial charge in [-0.05, 0) is 33.3 Å². The molecule has 6 heteroatoms. The summed E-state index contributed by atoms with van der Waals surface area (Å²) in [6, 6.07) is 17.7. The first kappa shape index (κ1) is 23.3. The van der Waals surface area contributed by atoms with E-state index in [0.29, 0.717) is 24.6 Å². The number of esters is 1. The minimum Gasteiger partial charge on any atom is -0.456 e. The van der Waals surface area contributed by atoms with Crippen molar-refractivity contribution < 1.29 is 18.7 Å². The Balaban J connectivity index is 1.50. The van der Waals surface area contributed by atoms with Gasteiger partial charge in [-0.25, -0.2) is 4.98 Å². The Kier molecular flexibility index (Phi) is 7.46. The third-order valence-electron chi connectivity index (χ3n) is 5.08. The Hall–Kier alpha value is -3.41. The van der Waals surface area contributed by atoms with Crippen LogP contribution >= 0.6 is 0 Å². The van der Waals surface area contributed by atoms with Crippen molar-refractivity contribution in [3.63, 3.8) is 0 Å². The molecule has 0 radical (unpaired) electrons. The van der Waals surface area contributed by atoms with Gasteiger partial charge in [-0.15, -0.1) is 0 Å². The zero-order valence-corrected chi connectivity index (χ0v) is 19.1. The van der Waals surface area contributed by atoms with Gasteiger partial charge in [-0.2, -0.15) is 0 Å². The summed E-state index contributed by atoms with van der Waals surface area (Å²) >= 11 is 0. The second-order valence-corrected chi connectivity index (χ2v) is 8.78. The topological polar surface area (TPSA) is 72.6 Å². The molecule has 0 saturated heterocycles. The van der Waals surface area contributed by atoms with E-state index < -0.39 is 11.5 Å². The number of hydrogen-bond acceptors (Lipinski definition) is 5. The van der Waals surface area contributed by atoms with Crippen LogP contribution in [0.2, 0.25) is 0 Å². The number of aryl methyl sites for hydroxylation is 2. The monoisotopic (exact) mass is 434 g/mol. The molecule has 0 aliphatic heterocycles. The number of carbonyl (C=O) groups is 2. The lowest BCUT2D eigenvalue weighted by atomic mass is 10.0. The molecule has 0 unspecified atom stereocenters. The van der Waals surface area contributed by atoms with E-state index in [-0.39, 0.29) is 18.9 Å². The highest BCUT2D eigenvalue weighted by molar-refractivity contribution is 5.81. The second-order valence-electron chi connectivity index (χ2n) is 8.78. The predicted molar refractivity (Wildman–Crippen MR) is 123 cm³/mol. The fraction of sp³-hybridized carbons (Fsp3) is 0.346. The molecule has 32 heavy (non-hydrogen) atoms. The van der Waals surface area contributed by atoms with Crippen LogP contribution in [-0.2, 0) is 27.3 Å². The predicted octanol–water partition coefficient (Wildman–Crippen LogP) is 4.95. The zero-order valence-electron chi connectivity index (χ0n) is 19.1. The highest BCUT2D eigenvalue weighted by Gasteiger charge is 2.27. The minimum absolute atomic E-state index is 0.0926. The average Bonchev–Trinajstić information content (AvgIpc) is 3.24. The van der Waals surface area contributed by atoms with E-state index in [0.717, 1.165) is 11.1 Å². The summed E-state index contributed by atoms with van der Waals surface area (Å²) in [5, 5.41) is 0. The van der Waals surface area contributed by atoms with Crippen LogP contribution in [0.15, 0.2) is 65.2 Å². The molecular formula is C26H30N2O4. The molecule has 1 aromatic heterocycles. The molecule has 0 aliphatic rings. The number of nitrogens with zero attached hydrogens (tertiary/aromatic N) is 2. The summed E-state index contributed by atoms with van der Waals surface area (Å²) < 4.78 is 11.0. The molecule has 1 heterocycles. The number of aromatic nitrogens is 1. The van der Waals surface area contributed by atoms with E-state index in [2.05, 4.69) is 4.98 Å². The number of amides is 1. The molecule has 3 aromatic rings. The number of ether oxygens (including phenoxy) is 1. The second kappa shape index (κ2) is 10.3. The molecule has 168 valence electrons. The number of hydrogen-bond donors (Lipinski definition) is 0. The maximum atomic E-state index is 12.8. The maximum Gasteiger partial charge on any atom is 0.306 e. The zero-order chi connectivity index (χ0) is 23.1. The number of carbonyl (C=O) groups excluding carboxylic acids is 2. The highest BCUT2D eigenvalue weighted by Crippen LogP contribution is 2.21. The van der Waals surface area contributed by atoms with Gasteiger partial charge >= 0.3 is 5.97 Å². The fourth-order valence-electron chi connectivity index (χ4n) is 3.24. The van der Waals surface area contributed by atoms with Crippen molar-refractivity contribution in [3.8, 4) is 11.3 Å². The summed E-state index contributed by atoms with van der Waals surface area (Å²) in [5.41, 5.74) is 2.72. The Morgan fingerprint density at radius 3 is 2.38 bits per heavy atom. The Morgan fingerprint density at radius 1 is 1.03 bits per heavy atom. The lowest BCUT2D eigenvalue weighted by molar-refractivity contribution is -0.154. The first-order valence-electron chi connectivity index (χ1n) is 10.7. The molecule has 3 rings (SSSR count). The SMILES string of the molecule is Cc1ccc(-c2cnc(CCC(=O)OCC(=O)N(Cc3ccccc3)C(C)(C)C)o2)cc1. The van der Waals surface area contributed by atoms with Crippen LogP contribution in [0.4, 0.5) is 0 Å². The summed E-state index contributed by atoms with van der Waals surface area (Å²) in [6.45, 7) is 8.08. The fourth-order valence-corrected chi connectivity index (χ4v) is 3.24. The van der Waals surface area contributed by atoms with Crippen molar-refractivity contribution in [1.82, 2.24) is 9.88 Å². The van der Waals surface area contributed by atoms with E-state index in [1.807, 2.05) is 82.3 Å². The van der Waals surface area contributed by atoms with Gasteiger partial charge in [-0.3, -0.25) is 9.59 Å². The van der Waals surface area contributed by atoms with Crippen molar-refractivity contribution in [3.05, 3.63) is 77.8 Å². The van der Waals surface area contributed by atoms with Crippen LogP contribution in [0.5, 0.6) is 0 Å². The molecule has 0 spiro atoms. The maximum absolute atomic E-state index is 12.8. The van der Waals surface area contributed by atoms with Crippen molar-refractivity contribution >= 4 is 11.9 Å². The van der Waals surface area contributed by atoms with Gasteiger partial charge in [0, 0.05) is 24.1 Å². The van der Waals surface area contributed by atoms with Gasteiger partial charge in [0.2, 0.25) is 0 Å². The van der Waals surface area contributed by atoms with Crippen molar-refractivity contribution in [2.75, 3.05) is 6.61 Å². The molecule has 6 nitrogen and oxygen atoms in total. The van der Waals surface area contributed by atoms with Crippen molar-refractivity contribution in [2.45, 2.75) is 52.6 Å². The van der Waals surface area contributed by atoms with E-state index in [1.54, 1.807) is 11.1 Å².